The third-order valence-corrected chi connectivity index (χ3v) is 4.10. The van der Waals surface area contributed by atoms with Gasteiger partial charge in [0.15, 0.2) is 0 Å². The van der Waals surface area contributed by atoms with E-state index in [1.165, 1.54) is 37.6 Å². The molecule has 2 rings (SSSR count). The van der Waals surface area contributed by atoms with E-state index < -0.39 is 12.3 Å². The van der Waals surface area contributed by atoms with Gasteiger partial charge in [0.2, 0.25) is 6.10 Å². The number of oxime groups is 1. The molecular weight excluding hydrogens is 383 g/mol. The summed E-state index contributed by atoms with van der Waals surface area (Å²) in [6.07, 6.45) is -1.56. The first-order valence-electron chi connectivity index (χ1n) is 9.01. The Morgan fingerprint density at radius 3 is 2.21 bits per heavy atom. The summed E-state index contributed by atoms with van der Waals surface area (Å²) in [5, 5.41) is 3.60. The van der Waals surface area contributed by atoms with E-state index >= 15 is 0 Å². The molecule has 0 bridgehead atoms. The summed E-state index contributed by atoms with van der Waals surface area (Å²) in [6.45, 7) is 5.66. The monoisotopic (exact) mass is 407 g/mol. The Morgan fingerprint density at radius 1 is 1.07 bits per heavy atom. The van der Waals surface area contributed by atoms with Crippen molar-refractivity contribution in [1.29, 1.82) is 0 Å². The molecule has 0 heterocycles. The highest BCUT2D eigenvalue weighted by molar-refractivity contribution is 5.79. The van der Waals surface area contributed by atoms with Gasteiger partial charge >= 0.3 is 6.18 Å². The number of halogens is 3. The van der Waals surface area contributed by atoms with E-state index in [-0.39, 0.29) is 11.3 Å². The number of aryl methyl sites for hydroxylation is 2. The molecule has 156 valence electrons. The largest absolute Gasteiger partial charge is 0.490 e. The third kappa shape index (κ3) is 6.27. The summed E-state index contributed by atoms with van der Waals surface area (Å²) in [6, 6.07) is 9.13. The first kappa shape index (κ1) is 22.3. The van der Waals surface area contributed by atoms with Gasteiger partial charge in [0.25, 0.3) is 0 Å². The van der Waals surface area contributed by atoms with E-state index in [0.29, 0.717) is 29.0 Å². The first-order chi connectivity index (χ1) is 13.8. The average molecular weight is 407 g/mol. The Kier molecular flexibility index (Phi) is 7.70. The van der Waals surface area contributed by atoms with Gasteiger partial charge in [-0.15, -0.1) is 0 Å². The van der Waals surface area contributed by atoms with Crippen LogP contribution in [-0.2, 0) is 4.84 Å². The molecule has 1 atom stereocenters. The lowest BCUT2D eigenvalue weighted by Gasteiger charge is -2.24. The van der Waals surface area contributed by atoms with Gasteiger partial charge in [-0.3, -0.25) is 0 Å². The fourth-order valence-electron chi connectivity index (χ4n) is 2.73. The van der Waals surface area contributed by atoms with Gasteiger partial charge < -0.3 is 14.3 Å². The van der Waals surface area contributed by atoms with Gasteiger partial charge in [-0.25, -0.2) is 0 Å². The highest BCUT2D eigenvalue weighted by Crippen LogP contribution is 2.39. The molecule has 2 aromatic carbocycles. The minimum Gasteiger partial charge on any atom is -0.490 e. The van der Waals surface area contributed by atoms with Crippen LogP contribution >= 0.6 is 0 Å². The van der Waals surface area contributed by atoms with Crippen molar-refractivity contribution in [2.75, 3.05) is 13.7 Å². The van der Waals surface area contributed by atoms with E-state index in [4.69, 9.17) is 9.47 Å². The number of alkyl halides is 3. The van der Waals surface area contributed by atoms with Crippen molar-refractivity contribution in [2.24, 2.45) is 5.16 Å². The molecule has 0 spiro atoms. The van der Waals surface area contributed by atoms with Crippen LogP contribution in [0.1, 0.15) is 35.3 Å². The van der Waals surface area contributed by atoms with Crippen LogP contribution in [0.3, 0.4) is 0 Å². The zero-order chi connectivity index (χ0) is 21.4. The van der Waals surface area contributed by atoms with E-state index in [9.17, 15) is 13.2 Å². The van der Waals surface area contributed by atoms with Gasteiger partial charge in [-0.05, 0) is 49.6 Å². The predicted molar refractivity (Wildman–Crippen MR) is 107 cm³/mol. The zero-order valence-corrected chi connectivity index (χ0v) is 16.8. The molecule has 0 aliphatic heterocycles. The molecule has 0 aromatic heterocycles. The van der Waals surface area contributed by atoms with E-state index in [1.807, 2.05) is 19.1 Å². The maximum absolute atomic E-state index is 13.7. The quantitative estimate of drug-likeness (QED) is 0.310. The van der Waals surface area contributed by atoms with Crippen molar-refractivity contribution >= 4 is 6.21 Å². The second kappa shape index (κ2) is 10.0. The number of hydrogen-bond acceptors (Lipinski definition) is 4. The highest BCUT2D eigenvalue weighted by Gasteiger charge is 2.43. The summed E-state index contributed by atoms with van der Waals surface area (Å²) < 4.78 is 52.3. The second-order valence-corrected chi connectivity index (χ2v) is 6.39. The lowest BCUT2D eigenvalue weighted by molar-refractivity contribution is -0.198. The molecule has 0 N–H and O–H groups in total. The summed E-state index contributed by atoms with van der Waals surface area (Å²) in [4.78, 5) is 4.57. The van der Waals surface area contributed by atoms with Crippen molar-refractivity contribution in [1.82, 2.24) is 0 Å². The molecule has 0 radical (unpaired) electrons. The first-order valence-corrected chi connectivity index (χ1v) is 9.01. The average Bonchev–Trinajstić information content (AvgIpc) is 2.66. The summed E-state index contributed by atoms with van der Waals surface area (Å²) in [7, 11) is 1.39. The van der Waals surface area contributed by atoms with E-state index in [2.05, 4.69) is 9.99 Å². The van der Waals surface area contributed by atoms with Gasteiger partial charge in [0, 0.05) is 5.56 Å². The van der Waals surface area contributed by atoms with Crippen LogP contribution in [0, 0.1) is 13.8 Å². The second-order valence-electron chi connectivity index (χ2n) is 6.39. The van der Waals surface area contributed by atoms with Gasteiger partial charge in [0.1, 0.15) is 25.2 Å². The summed E-state index contributed by atoms with van der Waals surface area (Å²) in [5.74, 6) is 0.770. The normalized spacial score (nSPS) is 13.1. The summed E-state index contributed by atoms with van der Waals surface area (Å²) >= 11 is 0. The van der Waals surface area contributed by atoms with Crippen molar-refractivity contribution < 1.29 is 27.5 Å². The molecular formula is C22H24F3NO3. The van der Waals surface area contributed by atoms with Gasteiger partial charge in [-0.1, -0.05) is 41.6 Å². The van der Waals surface area contributed by atoms with Crippen molar-refractivity contribution in [2.45, 2.75) is 33.1 Å². The fraction of sp³-hybridized carbons (Fsp3) is 0.318. The topological polar surface area (TPSA) is 40.0 Å². The Balaban J connectivity index is 2.30. The molecule has 0 saturated carbocycles. The number of ether oxygens (including phenoxy) is 2. The van der Waals surface area contributed by atoms with Gasteiger partial charge in [0.05, 0.1) is 6.21 Å². The number of rotatable bonds is 8. The predicted octanol–water partition coefficient (Wildman–Crippen LogP) is 5.92. The summed E-state index contributed by atoms with van der Waals surface area (Å²) in [5.41, 5.74) is 1.75. The van der Waals surface area contributed by atoms with Crippen LogP contribution in [0.4, 0.5) is 13.2 Å². The smallest absolute Gasteiger partial charge is 0.429 e. The van der Waals surface area contributed by atoms with Crippen LogP contribution < -0.4 is 9.47 Å². The van der Waals surface area contributed by atoms with Crippen LogP contribution in [-0.4, -0.2) is 26.1 Å². The van der Waals surface area contributed by atoms with Crippen LogP contribution in [0.2, 0.25) is 0 Å². The maximum Gasteiger partial charge on any atom is 0.429 e. The van der Waals surface area contributed by atoms with Gasteiger partial charge in [-0.2, -0.15) is 13.2 Å². The van der Waals surface area contributed by atoms with E-state index in [0.717, 1.165) is 0 Å². The Morgan fingerprint density at radius 2 is 1.69 bits per heavy atom. The minimum atomic E-state index is -4.58. The number of benzene rings is 2. The maximum atomic E-state index is 13.7. The molecule has 0 saturated heterocycles. The molecule has 0 fully saturated rings. The number of nitrogens with zero attached hydrogens (tertiary/aromatic N) is 1. The molecule has 1 unspecified atom stereocenters. The van der Waals surface area contributed by atoms with E-state index in [1.54, 1.807) is 26.0 Å². The molecule has 29 heavy (non-hydrogen) atoms. The Bertz CT molecular complexity index is 836. The molecule has 0 aliphatic carbocycles. The standard InChI is InChI=1S/C22H24F3NO3/c1-5-6-11-28-19-12-15(2)20(16(3)13-19)29-21(22(23,24)25)18-9-7-17(8-10-18)14-26-27-4/h5-10,12-14,21H,11H2,1-4H3/b6-5+,26-14+. The lowest BCUT2D eigenvalue weighted by atomic mass is 10.1. The zero-order valence-electron chi connectivity index (χ0n) is 16.8. The fourth-order valence-corrected chi connectivity index (χ4v) is 2.73. The highest BCUT2D eigenvalue weighted by atomic mass is 19.4. The Hall–Kier alpha value is -2.96. The minimum absolute atomic E-state index is 0.000670. The van der Waals surface area contributed by atoms with Crippen molar-refractivity contribution in [3.05, 3.63) is 70.8 Å². The van der Waals surface area contributed by atoms with Crippen LogP contribution in [0.25, 0.3) is 0 Å². The number of hydrogen-bond donors (Lipinski definition) is 0. The SMILES string of the molecule is C/C=C/COc1cc(C)c(OC(c2ccc(/C=N/OC)cc2)C(F)(F)F)c(C)c1. The molecule has 0 aliphatic rings. The molecule has 0 amide bonds. The van der Waals surface area contributed by atoms with Crippen LogP contribution in [0.5, 0.6) is 11.5 Å². The lowest BCUT2D eigenvalue weighted by Crippen LogP contribution is -2.26. The number of allylic oxidation sites excluding steroid dienone is 1. The Labute approximate surface area is 168 Å². The molecule has 7 heteroatoms. The molecule has 2 aromatic rings. The molecule has 4 nitrogen and oxygen atoms in total. The van der Waals surface area contributed by atoms with Crippen molar-refractivity contribution in [3.63, 3.8) is 0 Å². The van der Waals surface area contributed by atoms with Crippen molar-refractivity contribution in [3.8, 4) is 11.5 Å². The third-order valence-electron chi connectivity index (χ3n) is 4.10. The van der Waals surface area contributed by atoms with Crippen LogP contribution in [0.15, 0.2) is 53.7 Å².